The molecule has 0 saturated carbocycles. The minimum absolute atomic E-state index is 0.109. The Hall–Kier alpha value is 0.500. The van der Waals surface area contributed by atoms with Gasteiger partial charge in [0.15, 0.2) is 0 Å². The molecule has 0 aromatic carbocycles. The highest BCUT2D eigenvalue weighted by Crippen LogP contribution is 2.57. The molecular weight excluding hydrogens is 205 g/mol. The Morgan fingerprint density at radius 1 is 1.38 bits per heavy atom. The minimum Gasteiger partial charge on any atom is -0.343 e. The molecule has 3 nitrogen and oxygen atoms in total. The van der Waals surface area contributed by atoms with Gasteiger partial charge in [-0.3, -0.25) is 9.88 Å². The van der Waals surface area contributed by atoms with Crippen LogP contribution < -0.4 is 5.32 Å². The van der Waals surface area contributed by atoms with Crippen molar-refractivity contribution in [3.63, 3.8) is 0 Å². The molecular formula is C8H18NO2PS. The van der Waals surface area contributed by atoms with E-state index in [2.05, 4.69) is 5.32 Å². The van der Waals surface area contributed by atoms with Gasteiger partial charge < -0.3 is 4.89 Å². The second-order valence-electron chi connectivity index (χ2n) is 4.71. The predicted molar refractivity (Wildman–Crippen MR) is 58.4 cm³/mol. The van der Waals surface area contributed by atoms with E-state index in [1.165, 1.54) is 6.66 Å². The zero-order valence-electron chi connectivity index (χ0n) is 8.79. The lowest BCUT2D eigenvalue weighted by molar-refractivity contribution is 0.421. The van der Waals surface area contributed by atoms with E-state index in [1.807, 2.05) is 27.7 Å². The fourth-order valence-electron chi connectivity index (χ4n) is 1.94. The summed E-state index contributed by atoms with van der Waals surface area (Å²) in [6.07, 6.45) is 0. The van der Waals surface area contributed by atoms with Crippen LogP contribution in [0.25, 0.3) is 0 Å². The van der Waals surface area contributed by atoms with Gasteiger partial charge in [0.25, 0.3) is 0 Å². The molecule has 1 heterocycles. The molecule has 0 aliphatic carbocycles. The van der Waals surface area contributed by atoms with Gasteiger partial charge >= 0.3 is 0 Å². The lowest BCUT2D eigenvalue weighted by Crippen LogP contribution is -2.40. The van der Waals surface area contributed by atoms with Gasteiger partial charge in [-0.25, -0.2) is 0 Å². The van der Waals surface area contributed by atoms with Crippen molar-refractivity contribution in [3.8, 4) is 0 Å². The maximum absolute atomic E-state index is 11.6. The number of nitrogens with one attached hydrogen (secondary N) is 1. The van der Waals surface area contributed by atoms with Crippen molar-refractivity contribution in [2.45, 2.75) is 43.1 Å². The van der Waals surface area contributed by atoms with Crippen molar-refractivity contribution in [2.24, 2.45) is 0 Å². The highest BCUT2D eigenvalue weighted by molar-refractivity contribution is 8.02. The summed E-state index contributed by atoms with van der Waals surface area (Å²) in [6, 6.07) is 0. The van der Waals surface area contributed by atoms with Crippen LogP contribution in [0, 0.1) is 0 Å². The molecule has 5 heteroatoms. The second-order valence-corrected chi connectivity index (χ2v) is 9.39. The van der Waals surface area contributed by atoms with E-state index in [0.29, 0.717) is 0 Å². The number of thioether (sulfide) groups is 1. The summed E-state index contributed by atoms with van der Waals surface area (Å²) in [5.41, 5.74) is 0. The average molecular weight is 223 g/mol. The highest BCUT2D eigenvalue weighted by Gasteiger charge is 2.51. The first-order chi connectivity index (χ1) is 5.55. The molecule has 13 heavy (non-hydrogen) atoms. The first-order valence-electron chi connectivity index (χ1n) is 4.32. The van der Waals surface area contributed by atoms with Crippen LogP contribution in [0.1, 0.15) is 27.7 Å². The summed E-state index contributed by atoms with van der Waals surface area (Å²) in [7, 11) is -3.05. The standard InChI is InChI=1S/C8H18NO2PS/c1-7(2)6(12(5,10)11)9-8(3,4)13-7/h6,9H,1-5H3,(H,10,11). The Morgan fingerprint density at radius 3 is 2.00 bits per heavy atom. The largest absolute Gasteiger partial charge is 0.343 e. The van der Waals surface area contributed by atoms with E-state index in [4.69, 9.17) is 0 Å². The third-order valence-corrected chi connectivity index (χ3v) is 5.44. The molecule has 0 radical (unpaired) electrons. The number of hydrogen-bond acceptors (Lipinski definition) is 3. The molecule has 0 bridgehead atoms. The second kappa shape index (κ2) is 2.99. The van der Waals surface area contributed by atoms with E-state index < -0.39 is 7.37 Å². The molecule has 0 aromatic rings. The van der Waals surface area contributed by atoms with Gasteiger partial charge in [-0.15, -0.1) is 11.8 Å². The quantitative estimate of drug-likeness (QED) is 0.668. The van der Waals surface area contributed by atoms with E-state index in [-0.39, 0.29) is 15.4 Å². The van der Waals surface area contributed by atoms with Crippen LogP contribution in [-0.2, 0) is 4.57 Å². The number of rotatable bonds is 1. The summed E-state index contributed by atoms with van der Waals surface area (Å²) in [4.78, 5) is 9.46. The molecule has 1 aliphatic rings. The van der Waals surface area contributed by atoms with E-state index in [0.717, 1.165) is 0 Å². The average Bonchev–Trinajstić information content (AvgIpc) is 1.97. The topological polar surface area (TPSA) is 49.3 Å². The molecule has 2 N–H and O–H groups in total. The van der Waals surface area contributed by atoms with Crippen LogP contribution in [0.2, 0.25) is 0 Å². The molecule has 2 unspecified atom stereocenters. The first-order valence-corrected chi connectivity index (χ1v) is 7.32. The van der Waals surface area contributed by atoms with E-state index >= 15 is 0 Å². The van der Waals surface area contributed by atoms with Gasteiger partial charge in [0, 0.05) is 11.4 Å². The smallest absolute Gasteiger partial charge is 0.215 e. The third kappa shape index (κ3) is 2.50. The van der Waals surface area contributed by atoms with Crippen molar-refractivity contribution in [1.82, 2.24) is 5.32 Å². The maximum Gasteiger partial charge on any atom is 0.215 e. The van der Waals surface area contributed by atoms with Crippen molar-refractivity contribution in [2.75, 3.05) is 6.66 Å². The lowest BCUT2D eigenvalue weighted by Gasteiger charge is -2.26. The van der Waals surface area contributed by atoms with Gasteiger partial charge in [-0.1, -0.05) is 0 Å². The Morgan fingerprint density at radius 2 is 1.85 bits per heavy atom. The van der Waals surface area contributed by atoms with Crippen LogP contribution in [0.5, 0.6) is 0 Å². The van der Waals surface area contributed by atoms with Crippen LogP contribution in [0.15, 0.2) is 0 Å². The Labute approximate surface area is 84.1 Å². The Kier molecular flexibility index (Phi) is 2.67. The molecule has 1 fully saturated rings. The van der Waals surface area contributed by atoms with E-state index in [1.54, 1.807) is 11.8 Å². The molecule has 0 aromatic heterocycles. The predicted octanol–water partition coefficient (Wildman–Crippen LogP) is 2.06. The fraction of sp³-hybridized carbons (Fsp3) is 1.00. The monoisotopic (exact) mass is 223 g/mol. The van der Waals surface area contributed by atoms with Crippen LogP contribution >= 0.6 is 19.1 Å². The maximum atomic E-state index is 11.6. The van der Waals surface area contributed by atoms with Crippen molar-refractivity contribution < 1.29 is 9.46 Å². The van der Waals surface area contributed by atoms with Crippen LogP contribution in [0.3, 0.4) is 0 Å². The summed E-state index contributed by atoms with van der Waals surface area (Å²) in [5.74, 6) is -0.306. The number of hydrogen-bond donors (Lipinski definition) is 2. The Bertz CT molecular complexity index is 259. The minimum atomic E-state index is -3.05. The van der Waals surface area contributed by atoms with Crippen LogP contribution in [-0.4, -0.2) is 27.0 Å². The van der Waals surface area contributed by atoms with Gasteiger partial charge in [0.05, 0.1) is 10.7 Å². The normalized spacial score (nSPS) is 35.7. The molecule has 1 saturated heterocycles. The van der Waals surface area contributed by atoms with Gasteiger partial charge in [0.1, 0.15) is 0 Å². The summed E-state index contributed by atoms with van der Waals surface area (Å²) < 4.78 is 11.4. The van der Waals surface area contributed by atoms with Crippen molar-refractivity contribution >= 4 is 19.1 Å². The highest BCUT2D eigenvalue weighted by atomic mass is 32.2. The summed E-state index contributed by atoms with van der Waals surface area (Å²) in [5, 5.41) is 3.21. The third-order valence-electron chi connectivity index (χ3n) is 2.14. The molecule has 1 rings (SSSR count). The van der Waals surface area contributed by atoms with Crippen LogP contribution in [0.4, 0.5) is 0 Å². The summed E-state index contributed by atoms with van der Waals surface area (Å²) >= 11 is 1.72. The molecule has 0 amide bonds. The fourth-order valence-corrected chi connectivity index (χ4v) is 6.15. The van der Waals surface area contributed by atoms with Gasteiger partial charge in [0.2, 0.25) is 7.37 Å². The Balaban J connectivity index is 2.96. The molecule has 1 aliphatic heterocycles. The zero-order valence-corrected chi connectivity index (χ0v) is 10.5. The SMILES string of the molecule is CC1(C)NC(P(C)(=O)O)C(C)(C)S1. The first kappa shape index (κ1) is 11.6. The van der Waals surface area contributed by atoms with Crippen molar-refractivity contribution in [1.29, 1.82) is 0 Å². The van der Waals surface area contributed by atoms with Crippen molar-refractivity contribution in [3.05, 3.63) is 0 Å². The molecule has 0 spiro atoms. The zero-order chi connectivity index (χ0) is 10.5. The molecule has 2 atom stereocenters. The van der Waals surface area contributed by atoms with E-state index in [9.17, 15) is 9.46 Å². The summed E-state index contributed by atoms with van der Waals surface area (Å²) in [6.45, 7) is 9.52. The molecule has 78 valence electrons. The lowest BCUT2D eigenvalue weighted by atomic mass is 10.2. The van der Waals surface area contributed by atoms with Gasteiger partial charge in [-0.05, 0) is 27.7 Å². The van der Waals surface area contributed by atoms with Gasteiger partial charge in [-0.2, -0.15) is 0 Å².